The quantitative estimate of drug-likeness (QED) is 0.748. The molecule has 1 amide bonds. The first-order valence-electron chi connectivity index (χ1n) is 7.98. The summed E-state index contributed by atoms with van der Waals surface area (Å²) in [5, 5.41) is 2.94. The van der Waals surface area contributed by atoms with Crippen LogP contribution in [0.25, 0.3) is 0 Å². The minimum Gasteiger partial charge on any atom is -0.478 e. The minimum atomic E-state index is -0.761. The summed E-state index contributed by atoms with van der Waals surface area (Å²) in [6.07, 6.45) is 4.18. The van der Waals surface area contributed by atoms with Crippen LogP contribution in [-0.4, -0.2) is 30.2 Å². The summed E-state index contributed by atoms with van der Waals surface area (Å²) >= 11 is 0. The zero-order chi connectivity index (χ0) is 16.2. The number of ether oxygens (including phenoxy) is 2. The van der Waals surface area contributed by atoms with Gasteiger partial charge in [0.1, 0.15) is 5.60 Å². The summed E-state index contributed by atoms with van der Waals surface area (Å²) in [6, 6.07) is 3.63. The lowest BCUT2D eigenvalue weighted by molar-refractivity contribution is -0.138. The van der Waals surface area contributed by atoms with Crippen molar-refractivity contribution in [2.75, 3.05) is 19.0 Å². The maximum absolute atomic E-state index is 12.5. The number of carbonyl (C=O) groups is 1. The number of aryl methyl sites for hydroxylation is 1. The predicted octanol–water partition coefficient (Wildman–Crippen LogP) is 3.32. The lowest BCUT2D eigenvalue weighted by Gasteiger charge is -2.27. The van der Waals surface area contributed by atoms with E-state index in [1.165, 1.54) is 0 Å². The number of pyridine rings is 1. The van der Waals surface area contributed by atoms with Crippen LogP contribution < -0.4 is 10.1 Å². The van der Waals surface area contributed by atoms with E-state index < -0.39 is 5.60 Å². The third-order valence-electron chi connectivity index (χ3n) is 4.29. The number of anilines is 1. The average molecular weight is 306 g/mol. The molecule has 2 rings (SSSR count). The summed E-state index contributed by atoms with van der Waals surface area (Å²) in [4.78, 5) is 16.9. The second-order valence-electron chi connectivity index (χ2n) is 6.02. The molecule has 0 spiro atoms. The molecule has 0 saturated heterocycles. The van der Waals surface area contributed by atoms with E-state index in [2.05, 4.69) is 17.2 Å². The Kier molecular flexibility index (Phi) is 5.40. The number of unbranched alkanes of at least 4 members (excludes halogenated alkanes) is 1. The summed E-state index contributed by atoms with van der Waals surface area (Å²) < 4.78 is 11.0. The van der Waals surface area contributed by atoms with Gasteiger partial charge in [0, 0.05) is 13.2 Å². The number of hydrogen-bond acceptors (Lipinski definition) is 4. The van der Waals surface area contributed by atoms with E-state index in [-0.39, 0.29) is 5.91 Å². The molecule has 0 aromatic carbocycles. The van der Waals surface area contributed by atoms with Crippen molar-refractivity contribution < 1.29 is 14.3 Å². The lowest BCUT2D eigenvalue weighted by Crippen LogP contribution is -2.44. The van der Waals surface area contributed by atoms with Gasteiger partial charge in [0.05, 0.1) is 18.0 Å². The smallest absolute Gasteiger partial charge is 0.256 e. The van der Waals surface area contributed by atoms with Gasteiger partial charge >= 0.3 is 0 Å². The predicted molar refractivity (Wildman–Crippen MR) is 86.1 cm³/mol. The van der Waals surface area contributed by atoms with Gasteiger partial charge in [-0.05, 0) is 45.1 Å². The highest BCUT2D eigenvalue weighted by molar-refractivity contribution is 5.98. The number of hydrogen-bond donors (Lipinski definition) is 1. The number of nitrogens with zero attached hydrogens (tertiary/aromatic N) is 1. The molecule has 5 nitrogen and oxygen atoms in total. The lowest BCUT2D eigenvalue weighted by atomic mass is 9.99. The Bertz CT molecular complexity index is 529. The summed E-state index contributed by atoms with van der Waals surface area (Å²) in [5.41, 5.74) is 0.691. The molecular formula is C17H26N2O3. The van der Waals surface area contributed by atoms with Crippen LogP contribution in [0.4, 0.5) is 5.69 Å². The largest absolute Gasteiger partial charge is 0.478 e. The Balaban J connectivity index is 2.02. The van der Waals surface area contributed by atoms with E-state index >= 15 is 0 Å². The minimum absolute atomic E-state index is 0.109. The van der Waals surface area contributed by atoms with Crippen molar-refractivity contribution in [2.24, 2.45) is 5.92 Å². The van der Waals surface area contributed by atoms with Gasteiger partial charge in [-0.3, -0.25) is 4.79 Å². The van der Waals surface area contributed by atoms with E-state index in [1.54, 1.807) is 13.2 Å². The molecule has 122 valence electrons. The molecule has 1 fully saturated rings. The molecule has 1 aromatic heterocycles. The average Bonchev–Trinajstić information content (AvgIpc) is 3.34. The van der Waals surface area contributed by atoms with Crippen LogP contribution >= 0.6 is 0 Å². The standard InChI is InChI=1S/C17H26N2O3/c1-5-6-11-22-15-10-9-14(12(2)18-15)19-16(20)17(3,21-4)13-7-8-13/h9-10,13H,5-8,11H2,1-4H3,(H,19,20)/t17-/m1/s1. The molecule has 1 aliphatic carbocycles. The summed E-state index contributed by atoms with van der Waals surface area (Å²) in [7, 11) is 1.59. The third-order valence-corrected chi connectivity index (χ3v) is 4.29. The topological polar surface area (TPSA) is 60.5 Å². The Hall–Kier alpha value is -1.62. The van der Waals surface area contributed by atoms with Crippen molar-refractivity contribution in [3.8, 4) is 5.88 Å². The molecule has 1 N–H and O–H groups in total. The van der Waals surface area contributed by atoms with Gasteiger partial charge in [0.25, 0.3) is 5.91 Å². The van der Waals surface area contributed by atoms with Gasteiger partial charge in [0.15, 0.2) is 0 Å². The first kappa shape index (κ1) is 16.7. The Morgan fingerprint density at radius 2 is 2.18 bits per heavy atom. The fraction of sp³-hybridized carbons (Fsp3) is 0.647. The van der Waals surface area contributed by atoms with Gasteiger partial charge in [-0.2, -0.15) is 0 Å². The molecule has 0 radical (unpaired) electrons. The summed E-state index contributed by atoms with van der Waals surface area (Å²) in [6.45, 7) is 6.50. The fourth-order valence-electron chi connectivity index (χ4n) is 2.40. The molecular weight excluding hydrogens is 280 g/mol. The highest BCUT2D eigenvalue weighted by Crippen LogP contribution is 2.42. The number of aromatic nitrogens is 1. The molecule has 0 aliphatic heterocycles. The molecule has 1 aliphatic rings. The molecule has 1 heterocycles. The zero-order valence-electron chi connectivity index (χ0n) is 13.9. The van der Waals surface area contributed by atoms with Crippen molar-refractivity contribution in [2.45, 2.75) is 52.1 Å². The first-order valence-corrected chi connectivity index (χ1v) is 7.98. The van der Waals surface area contributed by atoms with Crippen molar-refractivity contribution in [3.63, 3.8) is 0 Å². The van der Waals surface area contributed by atoms with E-state index in [1.807, 2.05) is 19.9 Å². The van der Waals surface area contributed by atoms with Crippen molar-refractivity contribution in [1.29, 1.82) is 0 Å². The second-order valence-corrected chi connectivity index (χ2v) is 6.02. The molecule has 1 atom stereocenters. The van der Waals surface area contributed by atoms with E-state index in [9.17, 15) is 4.79 Å². The normalized spacial score (nSPS) is 16.9. The van der Waals surface area contributed by atoms with Crippen LogP contribution in [0.3, 0.4) is 0 Å². The number of carbonyl (C=O) groups excluding carboxylic acids is 1. The molecule has 0 bridgehead atoms. The highest BCUT2D eigenvalue weighted by atomic mass is 16.5. The van der Waals surface area contributed by atoms with Gasteiger partial charge in [-0.1, -0.05) is 13.3 Å². The molecule has 0 unspecified atom stereocenters. The van der Waals surface area contributed by atoms with Crippen LogP contribution in [0, 0.1) is 12.8 Å². The Morgan fingerprint density at radius 1 is 1.45 bits per heavy atom. The van der Waals surface area contributed by atoms with Gasteiger partial charge in [-0.15, -0.1) is 0 Å². The maximum atomic E-state index is 12.5. The first-order chi connectivity index (χ1) is 10.5. The monoisotopic (exact) mass is 306 g/mol. The number of nitrogens with one attached hydrogen (secondary N) is 1. The van der Waals surface area contributed by atoms with E-state index in [0.717, 1.165) is 31.4 Å². The molecule has 1 aromatic rings. The second kappa shape index (κ2) is 7.09. The third kappa shape index (κ3) is 3.77. The van der Waals surface area contributed by atoms with Gasteiger partial charge < -0.3 is 14.8 Å². The van der Waals surface area contributed by atoms with E-state index in [4.69, 9.17) is 9.47 Å². The van der Waals surface area contributed by atoms with Gasteiger partial charge in [-0.25, -0.2) is 4.98 Å². The molecule has 22 heavy (non-hydrogen) atoms. The van der Waals surface area contributed by atoms with E-state index in [0.29, 0.717) is 24.1 Å². The van der Waals surface area contributed by atoms with Crippen LogP contribution in [0.15, 0.2) is 12.1 Å². The number of amides is 1. The van der Waals surface area contributed by atoms with Crippen LogP contribution in [-0.2, 0) is 9.53 Å². The Morgan fingerprint density at radius 3 is 2.73 bits per heavy atom. The van der Waals surface area contributed by atoms with Crippen molar-refractivity contribution >= 4 is 11.6 Å². The SMILES string of the molecule is CCCCOc1ccc(NC(=O)[C@](C)(OC)C2CC2)c(C)n1. The molecule has 1 saturated carbocycles. The summed E-state index contributed by atoms with van der Waals surface area (Å²) in [5.74, 6) is 0.796. The van der Waals surface area contributed by atoms with Crippen LogP contribution in [0.2, 0.25) is 0 Å². The fourth-order valence-corrected chi connectivity index (χ4v) is 2.40. The van der Waals surface area contributed by atoms with Crippen LogP contribution in [0.5, 0.6) is 5.88 Å². The molecule has 5 heteroatoms. The Labute approximate surface area is 132 Å². The number of rotatable bonds is 8. The van der Waals surface area contributed by atoms with Crippen molar-refractivity contribution in [1.82, 2.24) is 4.98 Å². The maximum Gasteiger partial charge on any atom is 0.256 e. The van der Waals surface area contributed by atoms with Gasteiger partial charge in [0.2, 0.25) is 5.88 Å². The highest BCUT2D eigenvalue weighted by Gasteiger charge is 2.47. The number of methoxy groups -OCH3 is 1. The van der Waals surface area contributed by atoms with Crippen molar-refractivity contribution in [3.05, 3.63) is 17.8 Å². The zero-order valence-corrected chi connectivity index (χ0v) is 13.9. The van der Waals surface area contributed by atoms with Crippen LogP contribution in [0.1, 0.15) is 45.2 Å².